The van der Waals surface area contributed by atoms with Crippen LogP contribution in [-0.4, -0.2) is 46.6 Å². The molecule has 1 saturated heterocycles. The Hall–Kier alpha value is -1.40. The van der Waals surface area contributed by atoms with Crippen molar-refractivity contribution in [3.63, 3.8) is 0 Å². The molecular formula is C14H20N2O3S. The second-order valence-corrected chi connectivity index (χ2v) is 6.48. The number of rotatable bonds is 3. The van der Waals surface area contributed by atoms with Crippen LogP contribution in [0.3, 0.4) is 0 Å². The third kappa shape index (κ3) is 3.58. The number of carbonyl (C=O) groups is 2. The van der Waals surface area contributed by atoms with Crippen LogP contribution < -0.4 is 5.32 Å². The van der Waals surface area contributed by atoms with Crippen LogP contribution in [0.5, 0.6) is 0 Å². The van der Waals surface area contributed by atoms with E-state index in [4.69, 9.17) is 0 Å². The minimum Gasteiger partial charge on any atom is -0.388 e. The smallest absolute Gasteiger partial charge is 0.261 e. The Balaban J connectivity index is 1.93. The van der Waals surface area contributed by atoms with E-state index < -0.39 is 11.6 Å². The Morgan fingerprint density at radius 3 is 2.90 bits per heavy atom. The number of nitrogens with zero attached hydrogens (tertiary/aromatic N) is 1. The van der Waals surface area contributed by atoms with E-state index in [2.05, 4.69) is 5.32 Å². The molecule has 1 aromatic rings. The van der Waals surface area contributed by atoms with Gasteiger partial charge in [0.1, 0.15) is 6.04 Å². The van der Waals surface area contributed by atoms with Gasteiger partial charge in [0.2, 0.25) is 5.91 Å². The van der Waals surface area contributed by atoms with Crippen molar-refractivity contribution in [3.8, 4) is 0 Å². The predicted octanol–water partition coefficient (Wildman–Crippen LogP) is 1.24. The average molecular weight is 296 g/mol. The highest BCUT2D eigenvalue weighted by atomic mass is 32.1. The lowest BCUT2D eigenvalue weighted by Gasteiger charge is -2.38. The van der Waals surface area contributed by atoms with E-state index in [9.17, 15) is 14.7 Å². The topological polar surface area (TPSA) is 69.6 Å². The Morgan fingerprint density at radius 1 is 1.55 bits per heavy atom. The van der Waals surface area contributed by atoms with Crippen LogP contribution in [0, 0.1) is 0 Å². The molecule has 2 heterocycles. The molecule has 1 aliphatic heterocycles. The normalized spacial score (nSPS) is 24.2. The molecule has 2 amide bonds. The van der Waals surface area contributed by atoms with Gasteiger partial charge in [0.15, 0.2) is 0 Å². The van der Waals surface area contributed by atoms with Crippen LogP contribution >= 0.6 is 11.3 Å². The summed E-state index contributed by atoms with van der Waals surface area (Å²) in [6.07, 6.45) is 1.48. The number of likely N-dealkylation sites (tertiary alicyclic amines) is 1. The number of nitrogens with one attached hydrogen (secondary N) is 1. The van der Waals surface area contributed by atoms with Crippen molar-refractivity contribution in [3.05, 3.63) is 22.4 Å². The summed E-state index contributed by atoms with van der Waals surface area (Å²) in [5.74, 6) is -0.375. The number of hydrogen-bond acceptors (Lipinski definition) is 4. The molecule has 0 aromatic carbocycles. The number of amides is 2. The van der Waals surface area contributed by atoms with Gasteiger partial charge in [0.05, 0.1) is 10.5 Å². The SMILES string of the molecule is CC(NC(=O)c1cccs1)C(=O)N1CCCC(C)(O)C1. The van der Waals surface area contributed by atoms with E-state index in [-0.39, 0.29) is 11.8 Å². The summed E-state index contributed by atoms with van der Waals surface area (Å²) in [4.78, 5) is 26.4. The first kappa shape index (κ1) is 15.0. The quantitative estimate of drug-likeness (QED) is 0.881. The van der Waals surface area contributed by atoms with Gasteiger partial charge in [-0.3, -0.25) is 9.59 Å². The summed E-state index contributed by atoms with van der Waals surface area (Å²) >= 11 is 1.34. The highest BCUT2D eigenvalue weighted by molar-refractivity contribution is 7.12. The van der Waals surface area contributed by atoms with Crippen molar-refractivity contribution in [2.45, 2.75) is 38.3 Å². The van der Waals surface area contributed by atoms with Gasteiger partial charge in [-0.2, -0.15) is 0 Å². The lowest BCUT2D eigenvalue weighted by molar-refractivity contribution is -0.139. The van der Waals surface area contributed by atoms with E-state index in [0.717, 1.165) is 6.42 Å². The molecular weight excluding hydrogens is 276 g/mol. The molecule has 0 bridgehead atoms. The molecule has 1 fully saturated rings. The maximum absolute atomic E-state index is 12.3. The second-order valence-electron chi connectivity index (χ2n) is 5.53. The lowest BCUT2D eigenvalue weighted by atomic mass is 9.95. The monoisotopic (exact) mass is 296 g/mol. The van der Waals surface area contributed by atoms with Crippen molar-refractivity contribution in [2.24, 2.45) is 0 Å². The van der Waals surface area contributed by atoms with Crippen LogP contribution in [0.15, 0.2) is 17.5 Å². The largest absolute Gasteiger partial charge is 0.388 e. The molecule has 110 valence electrons. The minimum atomic E-state index is -0.828. The number of aliphatic hydroxyl groups is 1. The molecule has 0 aliphatic carbocycles. The molecule has 6 heteroatoms. The highest BCUT2D eigenvalue weighted by Crippen LogP contribution is 2.20. The molecule has 20 heavy (non-hydrogen) atoms. The fourth-order valence-corrected chi connectivity index (χ4v) is 3.05. The van der Waals surface area contributed by atoms with Crippen LogP contribution in [0.2, 0.25) is 0 Å². The van der Waals surface area contributed by atoms with Gasteiger partial charge in [-0.15, -0.1) is 11.3 Å². The van der Waals surface area contributed by atoms with Gasteiger partial charge >= 0.3 is 0 Å². The van der Waals surface area contributed by atoms with Gasteiger partial charge in [0, 0.05) is 13.1 Å². The van der Waals surface area contributed by atoms with Gasteiger partial charge < -0.3 is 15.3 Å². The van der Waals surface area contributed by atoms with Gasteiger partial charge in [-0.1, -0.05) is 6.07 Å². The first-order valence-electron chi connectivity index (χ1n) is 6.74. The summed E-state index contributed by atoms with van der Waals surface area (Å²) in [5, 5.41) is 14.6. The Labute approximate surface area is 122 Å². The minimum absolute atomic E-state index is 0.144. The van der Waals surface area contributed by atoms with E-state index in [1.54, 1.807) is 30.9 Å². The fraction of sp³-hybridized carbons (Fsp3) is 0.571. The maximum Gasteiger partial charge on any atom is 0.261 e. The first-order chi connectivity index (χ1) is 9.39. The van der Waals surface area contributed by atoms with Gasteiger partial charge in [0.25, 0.3) is 5.91 Å². The van der Waals surface area contributed by atoms with E-state index in [0.29, 0.717) is 24.4 Å². The standard InChI is InChI=1S/C14H20N2O3S/c1-10(15-12(17)11-5-3-8-20-11)13(18)16-7-4-6-14(2,19)9-16/h3,5,8,10,19H,4,6-7,9H2,1-2H3,(H,15,17). The highest BCUT2D eigenvalue weighted by Gasteiger charge is 2.33. The second kappa shape index (κ2) is 5.93. The number of hydrogen-bond donors (Lipinski definition) is 2. The molecule has 2 N–H and O–H groups in total. The molecule has 0 radical (unpaired) electrons. The lowest BCUT2D eigenvalue weighted by Crippen LogP contribution is -2.54. The van der Waals surface area contributed by atoms with Crippen molar-refractivity contribution in [1.82, 2.24) is 10.2 Å². The summed E-state index contributed by atoms with van der Waals surface area (Å²) in [5.41, 5.74) is -0.828. The summed E-state index contributed by atoms with van der Waals surface area (Å²) in [7, 11) is 0. The van der Waals surface area contributed by atoms with Gasteiger partial charge in [-0.05, 0) is 38.1 Å². The van der Waals surface area contributed by atoms with E-state index in [1.165, 1.54) is 11.3 Å². The van der Waals surface area contributed by atoms with Crippen molar-refractivity contribution >= 4 is 23.2 Å². The van der Waals surface area contributed by atoms with E-state index in [1.807, 2.05) is 5.38 Å². The van der Waals surface area contributed by atoms with E-state index >= 15 is 0 Å². The summed E-state index contributed by atoms with van der Waals surface area (Å²) in [6, 6.07) is 2.94. The zero-order chi connectivity index (χ0) is 14.8. The Bertz CT molecular complexity index is 485. The third-order valence-corrected chi connectivity index (χ3v) is 4.32. The van der Waals surface area contributed by atoms with Crippen LogP contribution in [0.25, 0.3) is 0 Å². The van der Waals surface area contributed by atoms with Crippen LogP contribution in [-0.2, 0) is 4.79 Å². The Morgan fingerprint density at radius 2 is 2.30 bits per heavy atom. The number of carbonyl (C=O) groups excluding carboxylic acids is 2. The number of thiophene rings is 1. The number of piperidine rings is 1. The Kier molecular flexibility index (Phi) is 4.45. The zero-order valence-electron chi connectivity index (χ0n) is 11.8. The van der Waals surface area contributed by atoms with Crippen molar-refractivity contribution in [1.29, 1.82) is 0 Å². The predicted molar refractivity (Wildman–Crippen MR) is 77.7 cm³/mol. The molecule has 0 saturated carbocycles. The summed E-state index contributed by atoms with van der Waals surface area (Å²) in [6.45, 7) is 4.37. The zero-order valence-corrected chi connectivity index (χ0v) is 12.6. The molecule has 1 aliphatic rings. The van der Waals surface area contributed by atoms with Gasteiger partial charge in [-0.25, -0.2) is 0 Å². The molecule has 2 unspecified atom stereocenters. The molecule has 1 aromatic heterocycles. The molecule has 0 spiro atoms. The molecule has 5 nitrogen and oxygen atoms in total. The van der Waals surface area contributed by atoms with Crippen LogP contribution in [0.4, 0.5) is 0 Å². The maximum atomic E-state index is 12.3. The van der Waals surface area contributed by atoms with Crippen molar-refractivity contribution < 1.29 is 14.7 Å². The molecule has 2 atom stereocenters. The van der Waals surface area contributed by atoms with Crippen LogP contribution in [0.1, 0.15) is 36.4 Å². The third-order valence-electron chi connectivity index (χ3n) is 3.45. The average Bonchev–Trinajstić information content (AvgIpc) is 2.90. The van der Waals surface area contributed by atoms with Crippen molar-refractivity contribution in [2.75, 3.05) is 13.1 Å². The summed E-state index contributed by atoms with van der Waals surface area (Å²) < 4.78 is 0. The fourth-order valence-electron chi connectivity index (χ4n) is 2.42. The number of β-amino-alcohol motifs (C(OH)–C–C–N with tert-alkyl or cyclic N) is 1. The first-order valence-corrected chi connectivity index (χ1v) is 7.62. The molecule has 2 rings (SSSR count).